The van der Waals surface area contributed by atoms with E-state index in [9.17, 15) is 14.4 Å². The zero-order chi connectivity index (χ0) is 21.8. The Morgan fingerprint density at radius 1 is 1.03 bits per heavy atom. The molecular formula is C24H27N3O4. The van der Waals surface area contributed by atoms with Gasteiger partial charge in [0.25, 0.3) is 5.91 Å². The fourth-order valence-electron chi connectivity index (χ4n) is 4.26. The van der Waals surface area contributed by atoms with Crippen LogP contribution in [0.1, 0.15) is 29.6 Å². The van der Waals surface area contributed by atoms with E-state index < -0.39 is 0 Å². The van der Waals surface area contributed by atoms with Crippen molar-refractivity contribution >= 4 is 23.4 Å². The molecule has 1 atom stereocenters. The Morgan fingerprint density at radius 2 is 1.77 bits per heavy atom. The summed E-state index contributed by atoms with van der Waals surface area (Å²) in [5, 5.41) is 3.06. The molecule has 2 saturated heterocycles. The maximum Gasteiger partial charge on any atom is 0.251 e. The fourth-order valence-corrected chi connectivity index (χ4v) is 4.26. The summed E-state index contributed by atoms with van der Waals surface area (Å²) in [6, 6.07) is 16.5. The first-order chi connectivity index (χ1) is 15.0. The molecule has 2 fully saturated rings. The van der Waals surface area contributed by atoms with E-state index in [0.29, 0.717) is 43.8 Å². The summed E-state index contributed by atoms with van der Waals surface area (Å²) in [6.07, 6.45) is 1.65. The number of carbonyl (C=O) groups is 3. The molecule has 2 heterocycles. The van der Waals surface area contributed by atoms with Gasteiger partial charge in [-0.05, 0) is 37.1 Å². The largest absolute Gasteiger partial charge is 0.497 e. The smallest absolute Gasteiger partial charge is 0.251 e. The number of benzene rings is 2. The number of anilines is 1. The van der Waals surface area contributed by atoms with Crippen molar-refractivity contribution in [2.75, 3.05) is 31.6 Å². The first-order valence-corrected chi connectivity index (χ1v) is 10.6. The molecule has 0 spiro atoms. The maximum atomic E-state index is 13.0. The Hall–Kier alpha value is -3.35. The second-order valence-corrected chi connectivity index (χ2v) is 8.05. The molecule has 0 radical (unpaired) electrons. The lowest BCUT2D eigenvalue weighted by molar-refractivity contribution is -0.136. The summed E-state index contributed by atoms with van der Waals surface area (Å²) in [5.74, 6) is 0.234. The molecule has 0 aromatic heterocycles. The highest BCUT2D eigenvalue weighted by atomic mass is 16.5. The standard InChI is InChI=1S/C24H27N3O4/c1-31-21-9-5-8-20(15-21)27-16-18(14-22(27)28)24(30)26-12-10-19(11-13-26)25-23(29)17-6-3-2-4-7-17/h2-9,15,18-19H,10-14,16H2,1H3,(H,25,29). The Labute approximate surface area is 182 Å². The van der Waals surface area contributed by atoms with Crippen LogP contribution in [0.2, 0.25) is 0 Å². The SMILES string of the molecule is COc1cccc(N2CC(C(=O)N3CCC(NC(=O)c4ccccc4)CC3)CC2=O)c1. The number of methoxy groups -OCH3 is 1. The van der Waals surface area contributed by atoms with Crippen molar-refractivity contribution in [3.63, 3.8) is 0 Å². The number of hydrogen-bond acceptors (Lipinski definition) is 4. The highest BCUT2D eigenvalue weighted by Gasteiger charge is 2.38. The molecule has 7 nitrogen and oxygen atoms in total. The first kappa shape index (κ1) is 20.9. The molecule has 0 saturated carbocycles. The number of carbonyl (C=O) groups excluding carboxylic acids is 3. The summed E-state index contributed by atoms with van der Waals surface area (Å²) in [6.45, 7) is 1.56. The van der Waals surface area contributed by atoms with E-state index in [1.54, 1.807) is 24.1 Å². The molecule has 31 heavy (non-hydrogen) atoms. The van der Waals surface area contributed by atoms with E-state index in [2.05, 4.69) is 5.32 Å². The van der Waals surface area contributed by atoms with Crippen LogP contribution in [0.25, 0.3) is 0 Å². The lowest BCUT2D eigenvalue weighted by Gasteiger charge is -2.33. The lowest BCUT2D eigenvalue weighted by Crippen LogP contribution is -2.48. The predicted molar refractivity (Wildman–Crippen MR) is 117 cm³/mol. The molecule has 4 rings (SSSR count). The van der Waals surface area contributed by atoms with Gasteiger partial charge in [0, 0.05) is 49.4 Å². The van der Waals surface area contributed by atoms with Crippen molar-refractivity contribution in [3.8, 4) is 5.75 Å². The van der Waals surface area contributed by atoms with E-state index >= 15 is 0 Å². The van der Waals surface area contributed by atoms with Crippen LogP contribution in [0.15, 0.2) is 54.6 Å². The molecular weight excluding hydrogens is 394 g/mol. The van der Waals surface area contributed by atoms with Crippen LogP contribution in [0.4, 0.5) is 5.69 Å². The van der Waals surface area contributed by atoms with Gasteiger partial charge >= 0.3 is 0 Å². The molecule has 162 valence electrons. The molecule has 2 aromatic rings. The number of piperidine rings is 1. The Kier molecular flexibility index (Phi) is 6.21. The molecule has 1 N–H and O–H groups in total. The molecule has 2 aliphatic heterocycles. The summed E-state index contributed by atoms with van der Waals surface area (Å²) in [4.78, 5) is 41.4. The third-order valence-electron chi connectivity index (χ3n) is 6.02. The van der Waals surface area contributed by atoms with Gasteiger partial charge in [-0.2, -0.15) is 0 Å². The van der Waals surface area contributed by atoms with Gasteiger partial charge in [-0.25, -0.2) is 0 Å². The van der Waals surface area contributed by atoms with Crippen LogP contribution in [-0.4, -0.2) is 55.4 Å². The van der Waals surface area contributed by atoms with Crippen molar-refractivity contribution in [3.05, 3.63) is 60.2 Å². The Morgan fingerprint density at radius 3 is 2.48 bits per heavy atom. The molecule has 7 heteroatoms. The minimum absolute atomic E-state index is 0.0200. The van der Waals surface area contributed by atoms with E-state index in [1.165, 1.54) is 0 Å². The van der Waals surface area contributed by atoms with Gasteiger partial charge in [-0.1, -0.05) is 24.3 Å². The third-order valence-corrected chi connectivity index (χ3v) is 6.02. The van der Waals surface area contributed by atoms with E-state index in [-0.39, 0.29) is 36.1 Å². The number of ether oxygens (including phenoxy) is 1. The van der Waals surface area contributed by atoms with Crippen molar-refractivity contribution in [1.82, 2.24) is 10.2 Å². The summed E-state index contributed by atoms with van der Waals surface area (Å²) in [5.41, 5.74) is 1.39. The van der Waals surface area contributed by atoms with E-state index in [4.69, 9.17) is 4.74 Å². The second-order valence-electron chi connectivity index (χ2n) is 8.05. The van der Waals surface area contributed by atoms with Crippen LogP contribution in [0.5, 0.6) is 5.75 Å². The van der Waals surface area contributed by atoms with Crippen molar-refractivity contribution in [2.24, 2.45) is 5.92 Å². The molecule has 0 aliphatic carbocycles. The minimum atomic E-state index is -0.339. The maximum absolute atomic E-state index is 13.0. The average Bonchev–Trinajstić information content (AvgIpc) is 3.21. The number of likely N-dealkylation sites (tertiary alicyclic amines) is 1. The number of amides is 3. The van der Waals surface area contributed by atoms with Gasteiger partial charge in [0.05, 0.1) is 13.0 Å². The van der Waals surface area contributed by atoms with Crippen molar-refractivity contribution in [1.29, 1.82) is 0 Å². The van der Waals surface area contributed by atoms with Crippen LogP contribution in [0, 0.1) is 5.92 Å². The summed E-state index contributed by atoms with van der Waals surface area (Å²) >= 11 is 0. The Balaban J connectivity index is 1.30. The van der Waals surface area contributed by atoms with Gasteiger partial charge in [-0.15, -0.1) is 0 Å². The van der Waals surface area contributed by atoms with Gasteiger partial charge in [0.15, 0.2) is 0 Å². The van der Waals surface area contributed by atoms with Gasteiger partial charge in [0.1, 0.15) is 5.75 Å². The van der Waals surface area contributed by atoms with Gasteiger partial charge < -0.3 is 19.9 Å². The number of nitrogens with zero attached hydrogens (tertiary/aromatic N) is 2. The van der Waals surface area contributed by atoms with Crippen LogP contribution < -0.4 is 15.0 Å². The fraction of sp³-hybridized carbons (Fsp3) is 0.375. The van der Waals surface area contributed by atoms with Crippen LogP contribution in [-0.2, 0) is 9.59 Å². The number of rotatable bonds is 5. The Bertz CT molecular complexity index is 954. The number of hydrogen-bond donors (Lipinski definition) is 1. The van der Waals surface area contributed by atoms with E-state index in [1.807, 2.05) is 47.4 Å². The molecule has 3 amide bonds. The van der Waals surface area contributed by atoms with Crippen molar-refractivity contribution < 1.29 is 19.1 Å². The predicted octanol–water partition coefficient (Wildman–Crippen LogP) is 2.47. The quantitative estimate of drug-likeness (QED) is 0.805. The minimum Gasteiger partial charge on any atom is -0.497 e. The summed E-state index contributed by atoms with van der Waals surface area (Å²) in [7, 11) is 1.59. The lowest BCUT2D eigenvalue weighted by atomic mass is 10.0. The van der Waals surface area contributed by atoms with Gasteiger partial charge in [0.2, 0.25) is 11.8 Å². The normalized spacial score (nSPS) is 19.4. The highest BCUT2D eigenvalue weighted by molar-refractivity contribution is 6.00. The zero-order valence-corrected chi connectivity index (χ0v) is 17.6. The topological polar surface area (TPSA) is 79.0 Å². The molecule has 2 aromatic carbocycles. The van der Waals surface area contributed by atoms with Gasteiger partial charge in [-0.3, -0.25) is 14.4 Å². The van der Waals surface area contributed by atoms with Crippen LogP contribution >= 0.6 is 0 Å². The van der Waals surface area contributed by atoms with E-state index in [0.717, 1.165) is 5.69 Å². The molecule has 1 unspecified atom stereocenters. The molecule has 0 bridgehead atoms. The second kappa shape index (κ2) is 9.20. The average molecular weight is 421 g/mol. The summed E-state index contributed by atoms with van der Waals surface area (Å²) < 4.78 is 5.24. The first-order valence-electron chi connectivity index (χ1n) is 10.6. The number of nitrogens with one attached hydrogen (secondary N) is 1. The highest BCUT2D eigenvalue weighted by Crippen LogP contribution is 2.29. The third kappa shape index (κ3) is 4.71. The van der Waals surface area contributed by atoms with Crippen LogP contribution in [0.3, 0.4) is 0 Å². The van der Waals surface area contributed by atoms with Crippen molar-refractivity contribution in [2.45, 2.75) is 25.3 Å². The zero-order valence-electron chi connectivity index (χ0n) is 17.6. The molecule has 2 aliphatic rings. The monoisotopic (exact) mass is 421 g/mol.